The number of benzene rings is 1. The molecule has 1 aromatic rings. The highest BCUT2D eigenvalue weighted by Crippen LogP contribution is 2.15. The van der Waals surface area contributed by atoms with Crippen molar-refractivity contribution in [1.29, 1.82) is 0 Å². The molecular weight excluding hydrogens is 314 g/mol. The molecule has 1 amide bonds. The lowest BCUT2D eigenvalue weighted by atomic mass is 10.1. The van der Waals surface area contributed by atoms with Crippen molar-refractivity contribution in [3.63, 3.8) is 0 Å². The molecule has 1 heterocycles. The molecule has 0 atom stereocenters. The van der Waals surface area contributed by atoms with E-state index in [0.29, 0.717) is 12.1 Å². The Morgan fingerprint density at radius 2 is 1.78 bits per heavy atom. The van der Waals surface area contributed by atoms with Crippen molar-refractivity contribution in [3.8, 4) is 0 Å². The van der Waals surface area contributed by atoms with Crippen LogP contribution < -0.4 is 10.5 Å². The van der Waals surface area contributed by atoms with Gasteiger partial charge in [0.25, 0.3) is 0 Å². The Labute approximate surface area is 138 Å². The molecule has 1 saturated heterocycles. The summed E-state index contributed by atoms with van der Waals surface area (Å²) in [5.74, 6) is -0.112. The van der Waals surface area contributed by atoms with Gasteiger partial charge in [-0.25, -0.2) is 13.6 Å². The van der Waals surface area contributed by atoms with Gasteiger partial charge in [0.1, 0.15) is 0 Å². The van der Waals surface area contributed by atoms with Crippen LogP contribution in [0.4, 0.5) is 5.69 Å². The summed E-state index contributed by atoms with van der Waals surface area (Å²) >= 11 is 0. The number of primary sulfonamides is 1. The average Bonchev–Trinajstić information content (AvgIpc) is 2.45. The molecule has 0 aliphatic carbocycles. The average molecular weight is 339 g/mol. The number of carbonyl (C=O) groups excluding carboxylic acids is 1. The predicted octanol–water partition coefficient (Wildman–Crippen LogP) is 1.93. The number of nitrogens with zero attached hydrogens (tertiary/aromatic N) is 1. The highest BCUT2D eigenvalue weighted by Gasteiger charge is 2.12. The van der Waals surface area contributed by atoms with Gasteiger partial charge >= 0.3 is 0 Å². The summed E-state index contributed by atoms with van der Waals surface area (Å²) in [5.41, 5.74) is 0.453. The molecule has 1 aliphatic rings. The highest BCUT2D eigenvalue weighted by atomic mass is 32.2. The Morgan fingerprint density at radius 3 is 2.43 bits per heavy atom. The van der Waals surface area contributed by atoms with Gasteiger partial charge in [-0.1, -0.05) is 25.3 Å². The summed E-state index contributed by atoms with van der Waals surface area (Å²) in [7, 11) is -3.76. The number of likely N-dealkylation sites (tertiary alicyclic amines) is 1. The van der Waals surface area contributed by atoms with Crippen molar-refractivity contribution in [3.05, 3.63) is 24.3 Å². The second-order valence-electron chi connectivity index (χ2n) is 5.98. The van der Waals surface area contributed by atoms with E-state index in [4.69, 9.17) is 5.14 Å². The second kappa shape index (κ2) is 8.42. The molecule has 0 saturated carbocycles. The van der Waals surface area contributed by atoms with E-state index < -0.39 is 10.0 Å². The second-order valence-corrected chi connectivity index (χ2v) is 7.54. The van der Waals surface area contributed by atoms with Crippen LogP contribution in [0.15, 0.2) is 29.2 Å². The Morgan fingerprint density at radius 1 is 1.13 bits per heavy atom. The fraction of sp³-hybridized carbons (Fsp3) is 0.562. The summed E-state index contributed by atoms with van der Waals surface area (Å²) in [6.45, 7) is 2.84. The van der Waals surface area contributed by atoms with Crippen molar-refractivity contribution in [1.82, 2.24) is 4.90 Å². The maximum Gasteiger partial charge on any atom is 0.238 e. The molecule has 23 heavy (non-hydrogen) atoms. The minimum absolute atomic E-state index is 0.000863. The quantitative estimate of drug-likeness (QED) is 0.857. The topological polar surface area (TPSA) is 92.5 Å². The molecule has 6 nitrogen and oxygen atoms in total. The van der Waals surface area contributed by atoms with E-state index >= 15 is 0 Å². The summed E-state index contributed by atoms with van der Waals surface area (Å²) in [5, 5.41) is 7.83. The molecule has 1 aromatic carbocycles. The third kappa shape index (κ3) is 6.29. The Hall–Kier alpha value is -1.44. The van der Waals surface area contributed by atoms with Crippen LogP contribution in [0, 0.1) is 0 Å². The largest absolute Gasteiger partial charge is 0.326 e. The number of hydrogen-bond acceptors (Lipinski definition) is 4. The summed E-state index contributed by atoms with van der Waals surface area (Å²) in [6.07, 6.45) is 6.64. The van der Waals surface area contributed by atoms with Crippen LogP contribution in [0.25, 0.3) is 0 Å². The smallest absolute Gasteiger partial charge is 0.238 e. The van der Waals surface area contributed by atoms with Gasteiger partial charge < -0.3 is 10.2 Å². The highest BCUT2D eigenvalue weighted by molar-refractivity contribution is 7.89. The fourth-order valence-electron chi connectivity index (χ4n) is 2.77. The number of nitrogens with one attached hydrogen (secondary N) is 1. The number of amides is 1. The van der Waals surface area contributed by atoms with Gasteiger partial charge in [-0.2, -0.15) is 0 Å². The normalized spacial score (nSPS) is 17.3. The van der Waals surface area contributed by atoms with Crippen LogP contribution in [-0.4, -0.2) is 38.9 Å². The molecule has 1 fully saturated rings. The first-order valence-corrected chi connectivity index (χ1v) is 9.65. The van der Waals surface area contributed by atoms with Crippen LogP contribution in [0.1, 0.15) is 38.5 Å². The zero-order valence-corrected chi connectivity index (χ0v) is 14.1. The van der Waals surface area contributed by atoms with Crippen LogP contribution in [0.2, 0.25) is 0 Å². The van der Waals surface area contributed by atoms with Gasteiger partial charge in [0.2, 0.25) is 15.9 Å². The van der Waals surface area contributed by atoms with Gasteiger partial charge in [-0.3, -0.25) is 4.79 Å². The van der Waals surface area contributed by atoms with Crippen LogP contribution in [0.5, 0.6) is 0 Å². The molecular formula is C16H25N3O3S. The van der Waals surface area contributed by atoms with Crippen molar-refractivity contribution < 1.29 is 13.2 Å². The molecule has 128 valence electrons. The maximum absolute atomic E-state index is 12.1. The van der Waals surface area contributed by atoms with E-state index in [1.54, 1.807) is 12.1 Å². The molecule has 3 N–H and O–H groups in total. The van der Waals surface area contributed by atoms with E-state index in [1.807, 2.05) is 0 Å². The first-order valence-electron chi connectivity index (χ1n) is 8.10. The molecule has 0 aromatic heterocycles. The van der Waals surface area contributed by atoms with E-state index in [1.165, 1.54) is 44.2 Å². The summed E-state index contributed by atoms with van der Waals surface area (Å²) in [6, 6.07) is 6.00. The van der Waals surface area contributed by atoms with E-state index in [9.17, 15) is 13.2 Å². The number of sulfonamides is 1. The van der Waals surface area contributed by atoms with Crippen molar-refractivity contribution in [2.24, 2.45) is 5.14 Å². The van der Waals surface area contributed by atoms with Gasteiger partial charge in [-0.05, 0) is 44.1 Å². The number of hydrogen-bond donors (Lipinski definition) is 2. The lowest BCUT2D eigenvalue weighted by Gasteiger charge is -2.24. The van der Waals surface area contributed by atoms with Gasteiger partial charge in [-0.15, -0.1) is 0 Å². The SMILES string of the molecule is NS(=O)(=O)c1cccc(NC(=O)CCN2CCCCCCC2)c1. The Bertz CT molecular complexity index is 623. The van der Waals surface area contributed by atoms with E-state index in [2.05, 4.69) is 10.2 Å². The molecule has 0 bridgehead atoms. The van der Waals surface area contributed by atoms with E-state index in [0.717, 1.165) is 19.6 Å². The van der Waals surface area contributed by atoms with Crippen molar-refractivity contribution in [2.75, 3.05) is 25.0 Å². The molecule has 1 aliphatic heterocycles. The van der Waals surface area contributed by atoms with Gasteiger partial charge in [0.05, 0.1) is 4.90 Å². The standard InChI is InChI=1S/C16H25N3O3S/c17-23(21,22)15-8-6-7-14(13-15)18-16(20)9-12-19-10-4-2-1-3-5-11-19/h6-8,13H,1-5,9-12H2,(H,18,20)(H2,17,21,22). The van der Waals surface area contributed by atoms with Crippen molar-refractivity contribution in [2.45, 2.75) is 43.4 Å². The zero-order valence-electron chi connectivity index (χ0n) is 13.3. The molecule has 7 heteroatoms. The van der Waals surface area contributed by atoms with Crippen LogP contribution in [-0.2, 0) is 14.8 Å². The zero-order chi connectivity index (χ0) is 16.7. The third-order valence-corrected chi connectivity index (χ3v) is 4.96. The molecule has 0 unspecified atom stereocenters. The number of anilines is 1. The van der Waals surface area contributed by atoms with Crippen molar-refractivity contribution >= 4 is 21.6 Å². The fourth-order valence-corrected chi connectivity index (χ4v) is 3.33. The van der Waals surface area contributed by atoms with E-state index in [-0.39, 0.29) is 10.8 Å². The lowest BCUT2D eigenvalue weighted by Crippen LogP contribution is -2.30. The lowest BCUT2D eigenvalue weighted by molar-refractivity contribution is -0.116. The minimum Gasteiger partial charge on any atom is -0.326 e. The predicted molar refractivity (Wildman–Crippen MR) is 90.6 cm³/mol. The number of rotatable bonds is 5. The van der Waals surface area contributed by atoms with Gasteiger partial charge in [0.15, 0.2) is 0 Å². The van der Waals surface area contributed by atoms with Crippen LogP contribution in [0.3, 0.4) is 0 Å². The molecule has 0 spiro atoms. The number of nitrogens with two attached hydrogens (primary N) is 1. The summed E-state index contributed by atoms with van der Waals surface area (Å²) < 4.78 is 22.6. The Kier molecular flexibility index (Phi) is 6.56. The Balaban J connectivity index is 1.84. The summed E-state index contributed by atoms with van der Waals surface area (Å²) in [4.78, 5) is 14.4. The minimum atomic E-state index is -3.76. The monoisotopic (exact) mass is 339 g/mol. The first-order chi connectivity index (χ1) is 10.9. The molecule has 2 rings (SSSR count). The number of carbonyl (C=O) groups is 1. The third-order valence-electron chi connectivity index (χ3n) is 4.05. The molecule has 0 radical (unpaired) electrons. The maximum atomic E-state index is 12.1. The first kappa shape index (κ1) is 17.9. The van der Waals surface area contributed by atoms with Crippen LogP contribution >= 0.6 is 0 Å². The van der Waals surface area contributed by atoms with Gasteiger partial charge in [0, 0.05) is 18.7 Å².